The average Bonchev–Trinajstić information content (AvgIpc) is 1.97. The maximum atomic E-state index is 13.0. The third kappa shape index (κ3) is 3.77. The van der Waals surface area contributed by atoms with Crippen LogP contribution in [0.3, 0.4) is 0 Å². The predicted octanol–water partition coefficient (Wildman–Crippen LogP) is 2.97. The number of hydrogen-bond acceptors (Lipinski definition) is 3. The van der Waals surface area contributed by atoms with Gasteiger partial charge in [-0.25, -0.2) is 12.8 Å². The summed E-state index contributed by atoms with van der Waals surface area (Å²) in [5.41, 5.74) is 0. The van der Waals surface area contributed by atoms with Gasteiger partial charge in [0.15, 0.2) is 0 Å². The van der Waals surface area contributed by atoms with Crippen molar-refractivity contribution in [1.82, 2.24) is 0 Å². The molecule has 0 fully saturated rings. The summed E-state index contributed by atoms with van der Waals surface area (Å²) < 4.78 is 40.9. The van der Waals surface area contributed by atoms with E-state index in [4.69, 9.17) is 15.1 Å². The molecule has 16 heavy (non-hydrogen) atoms. The van der Waals surface area contributed by atoms with Gasteiger partial charge >= 0.3 is 0 Å². The van der Waals surface area contributed by atoms with Gasteiger partial charge in [-0.1, -0.05) is 0 Å². The van der Waals surface area contributed by atoms with Crippen molar-refractivity contribution < 1.29 is 17.2 Å². The van der Waals surface area contributed by atoms with Crippen LogP contribution in [0.4, 0.5) is 4.39 Å². The first kappa shape index (κ1) is 13.5. The molecule has 0 heterocycles. The topological polar surface area (TPSA) is 43.4 Å². The minimum atomic E-state index is -3.92. The molecular formula is C9H12ClFO3SSi. The fourth-order valence-corrected chi connectivity index (χ4v) is 2.95. The molecule has 0 unspecified atom stereocenters. The van der Waals surface area contributed by atoms with E-state index in [1.807, 2.05) is 19.6 Å². The van der Waals surface area contributed by atoms with Crippen LogP contribution in [-0.4, -0.2) is 16.7 Å². The van der Waals surface area contributed by atoms with E-state index in [0.29, 0.717) is 0 Å². The molecule has 90 valence electrons. The van der Waals surface area contributed by atoms with Crippen molar-refractivity contribution in [3.63, 3.8) is 0 Å². The first-order chi connectivity index (χ1) is 7.09. The monoisotopic (exact) mass is 282 g/mol. The molecule has 7 heteroatoms. The van der Waals surface area contributed by atoms with E-state index >= 15 is 0 Å². The number of halogens is 2. The first-order valence-electron chi connectivity index (χ1n) is 4.53. The zero-order chi connectivity index (χ0) is 12.6. The Morgan fingerprint density at radius 1 is 1.31 bits per heavy atom. The average molecular weight is 283 g/mol. The molecule has 0 atom stereocenters. The van der Waals surface area contributed by atoms with Crippen molar-refractivity contribution in [3.8, 4) is 5.75 Å². The zero-order valence-electron chi connectivity index (χ0n) is 9.12. The van der Waals surface area contributed by atoms with Crippen LogP contribution in [0.2, 0.25) is 19.6 Å². The van der Waals surface area contributed by atoms with E-state index in [2.05, 4.69) is 0 Å². The minimum Gasteiger partial charge on any atom is -0.543 e. The number of rotatable bonds is 3. The third-order valence-electron chi connectivity index (χ3n) is 1.58. The van der Waals surface area contributed by atoms with E-state index in [1.165, 1.54) is 0 Å². The lowest BCUT2D eigenvalue weighted by Crippen LogP contribution is -2.29. The lowest BCUT2D eigenvalue weighted by Gasteiger charge is -2.20. The smallest absolute Gasteiger partial charge is 0.264 e. The van der Waals surface area contributed by atoms with Gasteiger partial charge in [0.05, 0.1) is 0 Å². The molecule has 1 aromatic carbocycles. The largest absolute Gasteiger partial charge is 0.543 e. The lowest BCUT2D eigenvalue weighted by atomic mass is 10.3. The van der Waals surface area contributed by atoms with Crippen molar-refractivity contribution >= 4 is 28.1 Å². The molecule has 0 aliphatic rings. The van der Waals surface area contributed by atoms with Crippen LogP contribution in [0.5, 0.6) is 5.75 Å². The molecule has 0 saturated heterocycles. The Hall–Kier alpha value is -0.593. The predicted molar refractivity (Wildman–Crippen MR) is 63.4 cm³/mol. The SMILES string of the molecule is C[Si](C)(C)Oc1cc(F)ccc1S(=O)(=O)Cl. The van der Waals surface area contributed by atoms with E-state index < -0.39 is 23.2 Å². The number of hydrogen-bond donors (Lipinski definition) is 0. The molecule has 1 aromatic rings. The van der Waals surface area contributed by atoms with Crippen LogP contribution in [0.1, 0.15) is 0 Å². The molecule has 0 N–H and O–H groups in total. The minimum absolute atomic E-state index is 0.0193. The summed E-state index contributed by atoms with van der Waals surface area (Å²) >= 11 is 0. The lowest BCUT2D eigenvalue weighted by molar-refractivity contribution is 0.526. The van der Waals surface area contributed by atoms with Gasteiger partial charge in [-0.05, 0) is 31.8 Å². The van der Waals surface area contributed by atoms with Crippen LogP contribution in [-0.2, 0) is 9.05 Å². The van der Waals surface area contributed by atoms with Crippen molar-refractivity contribution in [1.29, 1.82) is 0 Å². The Morgan fingerprint density at radius 3 is 2.31 bits per heavy atom. The molecule has 0 amide bonds. The summed E-state index contributed by atoms with van der Waals surface area (Å²) in [5.74, 6) is -0.577. The quantitative estimate of drug-likeness (QED) is 0.632. The molecule has 0 bridgehead atoms. The Balaban J connectivity index is 3.30. The van der Waals surface area contributed by atoms with Gasteiger partial charge in [-0.15, -0.1) is 0 Å². The molecular weight excluding hydrogens is 271 g/mol. The highest BCUT2D eigenvalue weighted by Gasteiger charge is 2.23. The highest BCUT2D eigenvalue weighted by Crippen LogP contribution is 2.29. The summed E-state index contributed by atoms with van der Waals surface area (Å²) in [6.07, 6.45) is 0. The van der Waals surface area contributed by atoms with Crippen molar-refractivity contribution in [2.45, 2.75) is 24.5 Å². The van der Waals surface area contributed by atoms with Crippen LogP contribution < -0.4 is 4.43 Å². The zero-order valence-corrected chi connectivity index (χ0v) is 11.7. The van der Waals surface area contributed by atoms with Crippen LogP contribution >= 0.6 is 10.7 Å². The fourth-order valence-electron chi connectivity index (χ4n) is 1.09. The second-order valence-electron chi connectivity index (χ2n) is 4.24. The first-order valence-corrected chi connectivity index (χ1v) is 10.2. The molecule has 0 aromatic heterocycles. The summed E-state index contributed by atoms with van der Waals surface area (Å²) in [6.45, 7) is 5.59. The molecule has 0 radical (unpaired) electrons. The maximum absolute atomic E-state index is 13.0. The van der Waals surface area contributed by atoms with Gasteiger partial charge in [-0.3, -0.25) is 0 Å². The van der Waals surface area contributed by atoms with E-state index in [0.717, 1.165) is 18.2 Å². The van der Waals surface area contributed by atoms with Gasteiger partial charge in [0, 0.05) is 16.7 Å². The molecule has 3 nitrogen and oxygen atoms in total. The van der Waals surface area contributed by atoms with Crippen molar-refractivity contribution in [3.05, 3.63) is 24.0 Å². The highest BCUT2D eigenvalue weighted by molar-refractivity contribution is 8.13. The van der Waals surface area contributed by atoms with E-state index in [9.17, 15) is 12.8 Å². The molecule has 0 aliphatic heterocycles. The standard InChI is InChI=1S/C9H12ClFO3SSi/c1-16(2,3)14-8-6-7(11)4-5-9(8)15(10,12)13/h4-6H,1-3H3. The third-order valence-corrected chi connectivity index (χ3v) is 3.78. The number of benzene rings is 1. The Bertz CT molecular complexity index is 496. The van der Waals surface area contributed by atoms with Crippen LogP contribution in [0, 0.1) is 5.82 Å². The van der Waals surface area contributed by atoms with Gasteiger partial charge < -0.3 is 4.43 Å². The van der Waals surface area contributed by atoms with Gasteiger partial charge in [-0.2, -0.15) is 0 Å². The molecule has 0 aliphatic carbocycles. The van der Waals surface area contributed by atoms with Gasteiger partial charge in [0.1, 0.15) is 16.5 Å². The second kappa shape index (κ2) is 4.35. The molecule has 1 rings (SSSR count). The van der Waals surface area contributed by atoms with E-state index in [-0.39, 0.29) is 10.6 Å². The fraction of sp³-hybridized carbons (Fsp3) is 0.333. The molecule has 0 spiro atoms. The summed E-state index contributed by atoms with van der Waals surface area (Å²) in [6, 6.07) is 3.17. The van der Waals surface area contributed by atoms with Gasteiger partial charge in [0.2, 0.25) is 8.32 Å². The Kier molecular flexibility index (Phi) is 3.66. The summed E-state index contributed by atoms with van der Waals surface area (Å²) in [4.78, 5) is -0.196. The Morgan fingerprint density at radius 2 is 1.88 bits per heavy atom. The highest BCUT2D eigenvalue weighted by atomic mass is 35.7. The second-order valence-corrected chi connectivity index (χ2v) is 11.2. The summed E-state index contributed by atoms with van der Waals surface area (Å²) in [5, 5.41) is 0. The van der Waals surface area contributed by atoms with Crippen LogP contribution in [0.25, 0.3) is 0 Å². The van der Waals surface area contributed by atoms with Gasteiger partial charge in [0.25, 0.3) is 9.05 Å². The Labute approximate surface area is 99.7 Å². The normalized spacial score (nSPS) is 12.6. The van der Waals surface area contributed by atoms with Crippen molar-refractivity contribution in [2.75, 3.05) is 0 Å². The van der Waals surface area contributed by atoms with E-state index in [1.54, 1.807) is 0 Å². The van der Waals surface area contributed by atoms with Crippen LogP contribution in [0.15, 0.2) is 23.1 Å². The van der Waals surface area contributed by atoms with Crippen molar-refractivity contribution in [2.24, 2.45) is 0 Å². The maximum Gasteiger partial charge on any atom is 0.264 e. The summed E-state index contributed by atoms with van der Waals surface area (Å²) in [7, 11) is -0.711. The molecule has 0 saturated carbocycles.